The Kier molecular flexibility index (Phi) is 6.03. The van der Waals surface area contributed by atoms with Crippen LogP contribution in [0.5, 0.6) is 0 Å². The number of rotatable bonds is 5. The second-order valence-electron chi connectivity index (χ2n) is 6.02. The van der Waals surface area contributed by atoms with Crippen molar-refractivity contribution in [3.63, 3.8) is 0 Å². The first-order valence-corrected chi connectivity index (χ1v) is 7.81. The second kappa shape index (κ2) is 6.83. The van der Waals surface area contributed by atoms with Crippen LogP contribution in [0.25, 0.3) is 0 Å². The van der Waals surface area contributed by atoms with Gasteiger partial charge in [0.05, 0.1) is 0 Å². The van der Waals surface area contributed by atoms with E-state index in [9.17, 15) is 0 Å². The van der Waals surface area contributed by atoms with Crippen LogP contribution in [-0.2, 0) is 6.54 Å². The van der Waals surface area contributed by atoms with Crippen LogP contribution in [-0.4, -0.2) is 11.3 Å². The van der Waals surface area contributed by atoms with Gasteiger partial charge in [-0.3, -0.25) is 0 Å². The lowest BCUT2D eigenvalue weighted by Gasteiger charge is -2.22. The molecule has 0 saturated carbocycles. The van der Waals surface area contributed by atoms with E-state index in [1.807, 2.05) is 23.9 Å². The zero-order valence-corrected chi connectivity index (χ0v) is 13.6. The van der Waals surface area contributed by atoms with Crippen molar-refractivity contribution in [2.75, 3.05) is 5.75 Å². The molecule has 0 amide bonds. The lowest BCUT2D eigenvalue weighted by atomic mass is 10.1. The van der Waals surface area contributed by atoms with Crippen LogP contribution in [0.4, 0.5) is 0 Å². The minimum absolute atomic E-state index is 0.110. The molecule has 0 bridgehead atoms. The van der Waals surface area contributed by atoms with Gasteiger partial charge in [-0.05, 0) is 44.4 Å². The molecule has 0 aromatic heterocycles. The lowest BCUT2D eigenvalue weighted by Crippen LogP contribution is -2.35. The molecule has 0 saturated heterocycles. The normalized spacial score (nSPS) is 12.2. The van der Waals surface area contributed by atoms with E-state index in [2.05, 4.69) is 46.0 Å². The number of benzene rings is 1. The Morgan fingerprint density at radius 1 is 1.28 bits per heavy atom. The third-order valence-corrected chi connectivity index (χ3v) is 4.32. The Bertz CT molecular complexity index is 383. The summed E-state index contributed by atoms with van der Waals surface area (Å²) in [5.74, 6) is 1.82. The molecule has 0 aliphatic heterocycles. The van der Waals surface area contributed by atoms with Gasteiger partial charge in [0, 0.05) is 27.8 Å². The summed E-state index contributed by atoms with van der Waals surface area (Å²) in [4.78, 5) is 1.30. The number of hydrogen-bond acceptors (Lipinski definition) is 2. The van der Waals surface area contributed by atoms with E-state index in [-0.39, 0.29) is 5.54 Å². The molecule has 1 nitrogen and oxygen atoms in total. The van der Waals surface area contributed by atoms with Crippen molar-refractivity contribution >= 4 is 23.4 Å². The minimum Gasteiger partial charge on any atom is -0.308 e. The Morgan fingerprint density at radius 2 is 1.94 bits per heavy atom. The molecule has 0 fully saturated rings. The molecule has 1 rings (SSSR count). The standard InChI is InChI=1S/C15H24ClNS/c1-11(2)10-18-14-8-6-7-13(16)12(14)9-17-15(3,4)5/h6-8,11,17H,9-10H2,1-5H3. The van der Waals surface area contributed by atoms with E-state index in [0.717, 1.165) is 17.3 Å². The van der Waals surface area contributed by atoms with Crippen molar-refractivity contribution in [3.8, 4) is 0 Å². The summed E-state index contributed by atoms with van der Waals surface area (Å²) in [6, 6.07) is 6.17. The molecule has 1 aromatic rings. The van der Waals surface area contributed by atoms with E-state index < -0.39 is 0 Å². The molecule has 3 heteroatoms. The zero-order valence-electron chi connectivity index (χ0n) is 12.0. The first kappa shape index (κ1) is 15.9. The molecule has 18 heavy (non-hydrogen) atoms. The maximum atomic E-state index is 6.32. The molecular formula is C15H24ClNS. The van der Waals surface area contributed by atoms with Gasteiger partial charge in [-0.15, -0.1) is 11.8 Å². The highest BCUT2D eigenvalue weighted by atomic mass is 35.5. The van der Waals surface area contributed by atoms with Crippen LogP contribution in [0.1, 0.15) is 40.2 Å². The predicted octanol–water partition coefficient (Wildman–Crippen LogP) is 4.98. The Balaban J connectivity index is 2.80. The minimum atomic E-state index is 0.110. The summed E-state index contributed by atoms with van der Waals surface area (Å²) in [7, 11) is 0. The molecule has 1 N–H and O–H groups in total. The van der Waals surface area contributed by atoms with Gasteiger partial charge in [-0.25, -0.2) is 0 Å². The van der Waals surface area contributed by atoms with Crippen LogP contribution in [0.2, 0.25) is 5.02 Å². The SMILES string of the molecule is CC(C)CSc1cccc(Cl)c1CNC(C)(C)C. The van der Waals surface area contributed by atoms with E-state index in [0.29, 0.717) is 5.92 Å². The average Bonchev–Trinajstić information content (AvgIpc) is 2.23. The topological polar surface area (TPSA) is 12.0 Å². The van der Waals surface area contributed by atoms with E-state index >= 15 is 0 Å². The lowest BCUT2D eigenvalue weighted by molar-refractivity contribution is 0.422. The Labute approximate surface area is 121 Å². The zero-order chi connectivity index (χ0) is 13.8. The first-order chi connectivity index (χ1) is 8.29. The fourth-order valence-corrected chi connectivity index (χ4v) is 2.80. The molecule has 0 spiro atoms. The first-order valence-electron chi connectivity index (χ1n) is 6.45. The van der Waals surface area contributed by atoms with Crippen molar-refractivity contribution in [1.29, 1.82) is 0 Å². The van der Waals surface area contributed by atoms with Crippen molar-refractivity contribution < 1.29 is 0 Å². The third-order valence-electron chi connectivity index (χ3n) is 2.44. The van der Waals surface area contributed by atoms with Gasteiger partial charge in [0.1, 0.15) is 0 Å². The van der Waals surface area contributed by atoms with Crippen LogP contribution in [0, 0.1) is 5.92 Å². The molecule has 0 aliphatic carbocycles. The Morgan fingerprint density at radius 3 is 2.50 bits per heavy atom. The molecule has 0 atom stereocenters. The highest BCUT2D eigenvalue weighted by molar-refractivity contribution is 7.99. The van der Waals surface area contributed by atoms with Crippen LogP contribution in [0.15, 0.2) is 23.1 Å². The summed E-state index contributed by atoms with van der Waals surface area (Å²) in [5.41, 5.74) is 1.33. The number of halogens is 1. The smallest absolute Gasteiger partial charge is 0.0462 e. The molecule has 1 aromatic carbocycles. The fraction of sp³-hybridized carbons (Fsp3) is 0.600. The van der Waals surface area contributed by atoms with Gasteiger partial charge in [0.25, 0.3) is 0 Å². The summed E-state index contributed by atoms with van der Waals surface area (Å²) >= 11 is 8.22. The van der Waals surface area contributed by atoms with Gasteiger partial charge < -0.3 is 5.32 Å². The van der Waals surface area contributed by atoms with Crippen molar-refractivity contribution in [1.82, 2.24) is 5.32 Å². The van der Waals surface area contributed by atoms with Crippen molar-refractivity contribution in [2.24, 2.45) is 5.92 Å². The van der Waals surface area contributed by atoms with Crippen LogP contribution in [0.3, 0.4) is 0 Å². The van der Waals surface area contributed by atoms with Gasteiger partial charge in [-0.2, -0.15) is 0 Å². The average molecular weight is 286 g/mol. The number of thioether (sulfide) groups is 1. The predicted molar refractivity (Wildman–Crippen MR) is 83.6 cm³/mol. The summed E-state index contributed by atoms with van der Waals surface area (Å²) < 4.78 is 0. The van der Waals surface area contributed by atoms with E-state index in [4.69, 9.17) is 11.6 Å². The maximum absolute atomic E-state index is 6.32. The highest BCUT2D eigenvalue weighted by Crippen LogP contribution is 2.30. The monoisotopic (exact) mass is 285 g/mol. The largest absolute Gasteiger partial charge is 0.308 e. The second-order valence-corrected chi connectivity index (χ2v) is 7.49. The van der Waals surface area contributed by atoms with Gasteiger partial charge >= 0.3 is 0 Å². The van der Waals surface area contributed by atoms with E-state index in [1.54, 1.807) is 0 Å². The van der Waals surface area contributed by atoms with Gasteiger partial charge in [0.2, 0.25) is 0 Å². The van der Waals surface area contributed by atoms with Gasteiger partial charge in [-0.1, -0.05) is 31.5 Å². The van der Waals surface area contributed by atoms with Crippen molar-refractivity contribution in [3.05, 3.63) is 28.8 Å². The molecule has 0 aliphatic rings. The third kappa shape index (κ3) is 5.64. The van der Waals surface area contributed by atoms with E-state index in [1.165, 1.54) is 10.5 Å². The molecular weight excluding hydrogens is 262 g/mol. The molecule has 0 unspecified atom stereocenters. The summed E-state index contributed by atoms with van der Waals surface area (Å²) in [6.45, 7) is 11.8. The summed E-state index contributed by atoms with van der Waals surface area (Å²) in [5, 5.41) is 4.37. The quantitative estimate of drug-likeness (QED) is 0.766. The summed E-state index contributed by atoms with van der Waals surface area (Å²) in [6.07, 6.45) is 0. The highest BCUT2D eigenvalue weighted by Gasteiger charge is 2.13. The Hall–Kier alpha value is -0.180. The van der Waals surface area contributed by atoms with Gasteiger partial charge in [0.15, 0.2) is 0 Å². The van der Waals surface area contributed by atoms with Crippen molar-refractivity contribution in [2.45, 2.75) is 51.6 Å². The van der Waals surface area contributed by atoms with Crippen LogP contribution >= 0.6 is 23.4 Å². The maximum Gasteiger partial charge on any atom is 0.0462 e. The fourth-order valence-electron chi connectivity index (χ4n) is 1.46. The van der Waals surface area contributed by atoms with Crippen LogP contribution < -0.4 is 5.32 Å². The number of hydrogen-bond donors (Lipinski definition) is 1. The molecule has 0 radical (unpaired) electrons. The molecule has 102 valence electrons. The number of nitrogens with one attached hydrogen (secondary N) is 1. The molecule has 0 heterocycles.